The van der Waals surface area contributed by atoms with Gasteiger partial charge < -0.3 is 14.6 Å². The number of carbonyl (C=O) groups excluding carboxylic acids is 1. The topological polar surface area (TPSA) is 101 Å². The van der Waals surface area contributed by atoms with Gasteiger partial charge in [0.1, 0.15) is 11.3 Å². The smallest absolute Gasteiger partial charge is 0.259 e. The van der Waals surface area contributed by atoms with Gasteiger partial charge in [0.05, 0.1) is 19.3 Å². The SMILES string of the molecule is COc1ncccc1C(=O)N1CCc2c(nc(-c3ccccn3)[nH]c2=O)C1. The van der Waals surface area contributed by atoms with Crippen molar-refractivity contribution in [3.05, 3.63) is 69.9 Å². The van der Waals surface area contributed by atoms with Crippen LogP contribution in [0.1, 0.15) is 21.6 Å². The molecule has 1 amide bonds. The zero-order valence-corrected chi connectivity index (χ0v) is 14.7. The fourth-order valence-electron chi connectivity index (χ4n) is 3.12. The lowest BCUT2D eigenvalue weighted by Gasteiger charge is -2.28. The monoisotopic (exact) mass is 363 g/mol. The quantitative estimate of drug-likeness (QED) is 0.755. The van der Waals surface area contributed by atoms with Gasteiger partial charge in [0.15, 0.2) is 5.82 Å². The Labute approximate surface area is 154 Å². The van der Waals surface area contributed by atoms with Gasteiger partial charge in [-0.3, -0.25) is 14.6 Å². The standard InChI is InChI=1S/C19H17N5O3/c1-27-18-13(5-4-9-21-18)19(26)24-10-7-12-15(11-24)22-16(23-17(12)25)14-6-2-3-8-20-14/h2-6,8-9H,7,10-11H2,1H3,(H,22,23,25). The van der Waals surface area contributed by atoms with Crippen LogP contribution in [0.2, 0.25) is 0 Å². The number of rotatable bonds is 3. The number of aromatic amines is 1. The van der Waals surface area contributed by atoms with E-state index in [9.17, 15) is 9.59 Å². The molecule has 0 aliphatic carbocycles. The zero-order chi connectivity index (χ0) is 18.8. The molecule has 3 aromatic heterocycles. The molecule has 0 saturated heterocycles. The summed E-state index contributed by atoms with van der Waals surface area (Å²) in [6, 6.07) is 8.76. The van der Waals surface area contributed by atoms with Gasteiger partial charge in [0, 0.05) is 24.5 Å². The number of aromatic nitrogens is 4. The van der Waals surface area contributed by atoms with Crippen LogP contribution < -0.4 is 10.3 Å². The van der Waals surface area contributed by atoms with Crippen LogP contribution in [0.3, 0.4) is 0 Å². The molecule has 4 heterocycles. The summed E-state index contributed by atoms with van der Waals surface area (Å²) in [5.41, 5.74) is 1.97. The molecule has 8 heteroatoms. The summed E-state index contributed by atoms with van der Waals surface area (Å²) in [5.74, 6) is 0.473. The van der Waals surface area contributed by atoms with Crippen LogP contribution in [0.5, 0.6) is 5.88 Å². The minimum absolute atomic E-state index is 0.188. The minimum Gasteiger partial charge on any atom is -0.480 e. The highest BCUT2D eigenvalue weighted by molar-refractivity contribution is 5.96. The molecule has 136 valence electrons. The van der Waals surface area contributed by atoms with E-state index in [0.717, 1.165) is 0 Å². The summed E-state index contributed by atoms with van der Waals surface area (Å²) in [4.78, 5) is 42.6. The van der Waals surface area contributed by atoms with Crippen molar-refractivity contribution in [3.8, 4) is 17.4 Å². The average molecular weight is 363 g/mol. The highest BCUT2D eigenvalue weighted by atomic mass is 16.5. The molecular weight excluding hydrogens is 346 g/mol. The van der Waals surface area contributed by atoms with Crippen LogP contribution in [-0.4, -0.2) is 44.4 Å². The number of pyridine rings is 2. The first-order valence-electron chi connectivity index (χ1n) is 8.49. The second kappa shape index (κ2) is 6.99. The maximum atomic E-state index is 12.9. The molecule has 0 bridgehead atoms. The molecule has 1 aliphatic rings. The van der Waals surface area contributed by atoms with Crippen LogP contribution in [0.15, 0.2) is 47.5 Å². The Morgan fingerprint density at radius 3 is 2.81 bits per heavy atom. The van der Waals surface area contributed by atoms with Gasteiger partial charge >= 0.3 is 0 Å². The van der Waals surface area contributed by atoms with Crippen molar-refractivity contribution in [3.63, 3.8) is 0 Å². The molecule has 27 heavy (non-hydrogen) atoms. The summed E-state index contributed by atoms with van der Waals surface area (Å²) >= 11 is 0. The van der Waals surface area contributed by atoms with Crippen molar-refractivity contribution in [2.45, 2.75) is 13.0 Å². The molecule has 4 rings (SSSR count). The first-order chi connectivity index (χ1) is 13.2. The molecule has 8 nitrogen and oxygen atoms in total. The summed E-state index contributed by atoms with van der Waals surface area (Å²) in [6.07, 6.45) is 3.65. The van der Waals surface area contributed by atoms with Gasteiger partial charge in [-0.2, -0.15) is 0 Å². The van der Waals surface area contributed by atoms with Crippen molar-refractivity contribution >= 4 is 5.91 Å². The van der Waals surface area contributed by atoms with Crippen LogP contribution in [0.4, 0.5) is 0 Å². The van der Waals surface area contributed by atoms with Crippen molar-refractivity contribution < 1.29 is 9.53 Å². The van der Waals surface area contributed by atoms with Crippen molar-refractivity contribution in [2.75, 3.05) is 13.7 Å². The Morgan fingerprint density at radius 2 is 2.04 bits per heavy atom. The van der Waals surface area contributed by atoms with Gasteiger partial charge in [0.25, 0.3) is 11.5 Å². The van der Waals surface area contributed by atoms with E-state index in [0.29, 0.717) is 41.3 Å². The van der Waals surface area contributed by atoms with Crippen molar-refractivity contribution in [1.82, 2.24) is 24.8 Å². The Bertz CT molecular complexity index is 1050. The fraction of sp³-hybridized carbons (Fsp3) is 0.211. The number of H-pyrrole nitrogens is 1. The van der Waals surface area contributed by atoms with E-state index < -0.39 is 0 Å². The lowest BCUT2D eigenvalue weighted by atomic mass is 10.1. The molecule has 3 aromatic rings. The summed E-state index contributed by atoms with van der Waals surface area (Å²) < 4.78 is 5.19. The third-order valence-electron chi connectivity index (χ3n) is 4.46. The predicted molar refractivity (Wildman–Crippen MR) is 97.3 cm³/mol. The molecule has 0 aromatic carbocycles. The third kappa shape index (κ3) is 3.17. The molecule has 0 unspecified atom stereocenters. The van der Waals surface area contributed by atoms with Gasteiger partial charge in [-0.15, -0.1) is 0 Å². The van der Waals surface area contributed by atoms with Gasteiger partial charge in [-0.1, -0.05) is 6.07 Å². The molecule has 1 aliphatic heterocycles. The Hall–Kier alpha value is -3.55. The number of hydrogen-bond donors (Lipinski definition) is 1. The van der Waals surface area contributed by atoms with Crippen LogP contribution in [0.25, 0.3) is 11.5 Å². The van der Waals surface area contributed by atoms with E-state index >= 15 is 0 Å². The molecule has 0 atom stereocenters. The molecule has 0 radical (unpaired) electrons. The van der Waals surface area contributed by atoms with E-state index in [1.165, 1.54) is 7.11 Å². The van der Waals surface area contributed by atoms with Gasteiger partial charge in [-0.25, -0.2) is 9.97 Å². The number of amides is 1. The normalized spacial score (nSPS) is 13.1. The van der Waals surface area contributed by atoms with E-state index in [4.69, 9.17) is 4.74 Å². The summed E-state index contributed by atoms with van der Waals surface area (Å²) in [5, 5.41) is 0. The average Bonchev–Trinajstić information content (AvgIpc) is 2.73. The lowest BCUT2D eigenvalue weighted by Crippen LogP contribution is -2.39. The molecule has 0 spiro atoms. The number of carbonyl (C=O) groups is 1. The van der Waals surface area contributed by atoms with Gasteiger partial charge in [0.2, 0.25) is 5.88 Å². The second-order valence-electron chi connectivity index (χ2n) is 6.09. The maximum absolute atomic E-state index is 12.9. The third-order valence-corrected chi connectivity index (χ3v) is 4.46. The number of methoxy groups -OCH3 is 1. The highest BCUT2D eigenvalue weighted by Gasteiger charge is 2.27. The Balaban J connectivity index is 1.67. The van der Waals surface area contributed by atoms with E-state index in [2.05, 4.69) is 19.9 Å². The number of hydrogen-bond acceptors (Lipinski definition) is 6. The Kier molecular flexibility index (Phi) is 4.37. The maximum Gasteiger partial charge on any atom is 0.259 e. The van der Waals surface area contributed by atoms with E-state index in [1.54, 1.807) is 41.6 Å². The number of nitrogens with one attached hydrogen (secondary N) is 1. The lowest BCUT2D eigenvalue weighted by molar-refractivity contribution is 0.0727. The highest BCUT2D eigenvalue weighted by Crippen LogP contribution is 2.22. The second-order valence-corrected chi connectivity index (χ2v) is 6.09. The van der Waals surface area contributed by atoms with E-state index in [-0.39, 0.29) is 23.9 Å². The predicted octanol–water partition coefficient (Wildman–Crippen LogP) is 1.43. The number of fused-ring (bicyclic) bond motifs is 1. The summed E-state index contributed by atoms with van der Waals surface area (Å²) in [7, 11) is 1.48. The first kappa shape index (κ1) is 16.9. The minimum atomic E-state index is -0.202. The molecule has 1 N–H and O–H groups in total. The molecule has 0 fully saturated rings. The van der Waals surface area contributed by atoms with Gasteiger partial charge in [-0.05, 0) is 30.7 Å². The largest absolute Gasteiger partial charge is 0.480 e. The van der Waals surface area contributed by atoms with Crippen molar-refractivity contribution in [1.29, 1.82) is 0 Å². The first-order valence-corrected chi connectivity index (χ1v) is 8.49. The van der Waals surface area contributed by atoms with Crippen LogP contribution in [0, 0.1) is 0 Å². The summed E-state index contributed by atoms with van der Waals surface area (Å²) in [6.45, 7) is 0.674. The fourth-order valence-corrected chi connectivity index (χ4v) is 3.12. The molecular formula is C19H17N5O3. The van der Waals surface area contributed by atoms with E-state index in [1.807, 2.05) is 6.07 Å². The molecule has 0 saturated carbocycles. The zero-order valence-electron chi connectivity index (χ0n) is 14.7. The van der Waals surface area contributed by atoms with Crippen LogP contribution >= 0.6 is 0 Å². The number of ether oxygens (including phenoxy) is 1. The number of nitrogens with zero attached hydrogens (tertiary/aromatic N) is 4. The van der Waals surface area contributed by atoms with Crippen LogP contribution in [-0.2, 0) is 13.0 Å². The van der Waals surface area contributed by atoms with Crippen molar-refractivity contribution in [2.24, 2.45) is 0 Å². The Morgan fingerprint density at radius 1 is 1.19 bits per heavy atom.